The molecule has 0 saturated heterocycles. The second-order valence-corrected chi connectivity index (χ2v) is 4.47. The molecule has 0 aliphatic carbocycles. The number of benzene rings is 1. The quantitative estimate of drug-likeness (QED) is 0.798. The van der Waals surface area contributed by atoms with Gasteiger partial charge in [0.15, 0.2) is 0 Å². The molecule has 0 aromatic heterocycles. The molecule has 2 atom stereocenters. The van der Waals surface area contributed by atoms with Crippen LogP contribution in [0.1, 0.15) is 35.3 Å². The van der Waals surface area contributed by atoms with Gasteiger partial charge in [-0.15, -0.1) is 0 Å². The topological polar surface area (TPSA) is 46.2 Å². The zero-order valence-corrected chi connectivity index (χ0v) is 10.0. The first-order chi connectivity index (χ1) is 6.97. The summed E-state index contributed by atoms with van der Waals surface area (Å²) < 4.78 is 0. The Kier molecular flexibility index (Phi) is 3.89. The average molecular weight is 207 g/mol. The predicted octanol–water partition coefficient (Wildman–Crippen LogP) is 2.24. The first-order valence-electron chi connectivity index (χ1n) is 5.43. The van der Waals surface area contributed by atoms with Gasteiger partial charge in [-0.3, -0.25) is 0 Å². The summed E-state index contributed by atoms with van der Waals surface area (Å²) in [6.45, 7) is 8.64. The van der Waals surface area contributed by atoms with E-state index in [2.05, 4.69) is 19.1 Å². The van der Waals surface area contributed by atoms with Gasteiger partial charge in [-0.1, -0.05) is 24.6 Å². The lowest BCUT2D eigenvalue weighted by molar-refractivity contribution is 0.120. The number of hydrogen-bond donors (Lipinski definition) is 2. The van der Waals surface area contributed by atoms with E-state index in [0.29, 0.717) is 6.54 Å². The fourth-order valence-electron chi connectivity index (χ4n) is 2.07. The van der Waals surface area contributed by atoms with E-state index in [1.807, 2.05) is 20.8 Å². The van der Waals surface area contributed by atoms with Gasteiger partial charge in [-0.2, -0.15) is 0 Å². The van der Waals surface area contributed by atoms with Gasteiger partial charge in [0.2, 0.25) is 0 Å². The highest BCUT2D eigenvalue weighted by molar-refractivity contribution is 5.39. The number of hydrogen-bond acceptors (Lipinski definition) is 2. The van der Waals surface area contributed by atoms with Crippen molar-refractivity contribution in [3.63, 3.8) is 0 Å². The van der Waals surface area contributed by atoms with Crippen molar-refractivity contribution in [2.24, 2.45) is 11.7 Å². The minimum atomic E-state index is -0.449. The Hall–Kier alpha value is -0.860. The van der Waals surface area contributed by atoms with Crippen LogP contribution < -0.4 is 5.73 Å². The first kappa shape index (κ1) is 12.2. The third kappa shape index (κ3) is 2.58. The maximum atomic E-state index is 10.2. The standard InChI is InChI=1S/C13H21NO/c1-8-5-9(2)12(10(3)6-8)13(15)11(4)7-14/h5-6,11,13,15H,7,14H2,1-4H3. The van der Waals surface area contributed by atoms with Crippen LogP contribution in [0.3, 0.4) is 0 Å². The molecule has 0 radical (unpaired) electrons. The summed E-state index contributed by atoms with van der Waals surface area (Å²) in [4.78, 5) is 0. The highest BCUT2D eigenvalue weighted by atomic mass is 16.3. The van der Waals surface area contributed by atoms with E-state index in [0.717, 1.165) is 16.7 Å². The molecule has 2 unspecified atom stereocenters. The van der Waals surface area contributed by atoms with Crippen molar-refractivity contribution in [3.05, 3.63) is 34.4 Å². The number of rotatable bonds is 3. The predicted molar refractivity (Wildman–Crippen MR) is 63.8 cm³/mol. The van der Waals surface area contributed by atoms with Gasteiger partial charge in [-0.25, -0.2) is 0 Å². The van der Waals surface area contributed by atoms with E-state index in [1.165, 1.54) is 5.56 Å². The van der Waals surface area contributed by atoms with Crippen LogP contribution in [-0.2, 0) is 0 Å². The molecule has 0 fully saturated rings. The summed E-state index contributed by atoms with van der Waals surface area (Å²) in [5.41, 5.74) is 10.2. The van der Waals surface area contributed by atoms with Crippen LogP contribution in [0, 0.1) is 26.7 Å². The lowest BCUT2D eigenvalue weighted by Crippen LogP contribution is -2.20. The third-order valence-electron chi connectivity index (χ3n) is 2.94. The largest absolute Gasteiger partial charge is 0.388 e. The maximum absolute atomic E-state index is 10.2. The van der Waals surface area contributed by atoms with Gasteiger partial charge in [-0.05, 0) is 49.9 Å². The number of aryl methyl sites for hydroxylation is 3. The summed E-state index contributed by atoms with van der Waals surface area (Å²) in [5, 5.41) is 10.2. The number of nitrogens with two attached hydrogens (primary N) is 1. The van der Waals surface area contributed by atoms with Crippen LogP contribution in [0.2, 0.25) is 0 Å². The number of aliphatic hydroxyl groups is 1. The molecule has 0 amide bonds. The Morgan fingerprint density at radius 3 is 2.07 bits per heavy atom. The summed E-state index contributed by atoms with van der Waals surface area (Å²) in [6.07, 6.45) is -0.449. The smallest absolute Gasteiger partial charge is 0.0832 e. The molecule has 1 aromatic rings. The summed E-state index contributed by atoms with van der Waals surface area (Å²) in [6, 6.07) is 4.21. The Bertz CT molecular complexity index is 323. The monoisotopic (exact) mass is 207 g/mol. The van der Waals surface area contributed by atoms with Crippen molar-refractivity contribution in [2.75, 3.05) is 6.54 Å². The first-order valence-corrected chi connectivity index (χ1v) is 5.43. The lowest BCUT2D eigenvalue weighted by atomic mass is 9.89. The fourth-order valence-corrected chi connectivity index (χ4v) is 2.07. The molecule has 3 N–H and O–H groups in total. The Morgan fingerprint density at radius 1 is 1.20 bits per heavy atom. The number of aliphatic hydroxyl groups excluding tert-OH is 1. The highest BCUT2D eigenvalue weighted by Crippen LogP contribution is 2.28. The minimum Gasteiger partial charge on any atom is -0.388 e. The summed E-state index contributed by atoms with van der Waals surface area (Å²) in [7, 11) is 0. The van der Waals surface area contributed by atoms with Crippen molar-refractivity contribution in [1.82, 2.24) is 0 Å². The Balaban J connectivity index is 3.13. The van der Waals surface area contributed by atoms with E-state index >= 15 is 0 Å². The minimum absolute atomic E-state index is 0.102. The second kappa shape index (κ2) is 4.77. The van der Waals surface area contributed by atoms with Gasteiger partial charge in [0.1, 0.15) is 0 Å². The zero-order chi connectivity index (χ0) is 11.6. The molecule has 0 bridgehead atoms. The van der Waals surface area contributed by atoms with Crippen molar-refractivity contribution < 1.29 is 5.11 Å². The molecular formula is C13H21NO. The van der Waals surface area contributed by atoms with Crippen LogP contribution in [0.5, 0.6) is 0 Å². The van der Waals surface area contributed by atoms with Gasteiger partial charge in [0, 0.05) is 0 Å². The maximum Gasteiger partial charge on any atom is 0.0832 e. The zero-order valence-electron chi connectivity index (χ0n) is 10.0. The van der Waals surface area contributed by atoms with Crippen molar-refractivity contribution in [1.29, 1.82) is 0 Å². The molecule has 0 heterocycles. The Morgan fingerprint density at radius 2 is 1.67 bits per heavy atom. The van der Waals surface area contributed by atoms with Gasteiger partial charge >= 0.3 is 0 Å². The molecule has 84 valence electrons. The van der Waals surface area contributed by atoms with Crippen molar-refractivity contribution in [2.45, 2.75) is 33.8 Å². The molecular weight excluding hydrogens is 186 g/mol. The van der Waals surface area contributed by atoms with Crippen LogP contribution in [0.25, 0.3) is 0 Å². The highest BCUT2D eigenvalue weighted by Gasteiger charge is 2.18. The molecule has 0 aliphatic rings. The molecule has 2 heteroatoms. The van der Waals surface area contributed by atoms with Crippen molar-refractivity contribution >= 4 is 0 Å². The SMILES string of the molecule is Cc1cc(C)c(C(O)C(C)CN)c(C)c1. The molecule has 0 saturated carbocycles. The van der Waals surface area contributed by atoms with E-state index in [-0.39, 0.29) is 5.92 Å². The fraction of sp³-hybridized carbons (Fsp3) is 0.538. The van der Waals surface area contributed by atoms with Gasteiger partial charge in [0.05, 0.1) is 6.10 Å². The molecule has 1 rings (SSSR count). The normalized spacial score (nSPS) is 15.1. The van der Waals surface area contributed by atoms with E-state index in [9.17, 15) is 5.11 Å². The molecule has 2 nitrogen and oxygen atoms in total. The van der Waals surface area contributed by atoms with E-state index in [4.69, 9.17) is 5.73 Å². The second-order valence-electron chi connectivity index (χ2n) is 4.47. The average Bonchev–Trinajstić information content (AvgIpc) is 2.14. The lowest BCUT2D eigenvalue weighted by Gasteiger charge is -2.22. The summed E-state index contributed by atoms with van der Waals surface area (Å²) in [5.74, 6) is 0.102. The van der Waals surface area contributed by atoms with Crippen molar-refractivity contribution in [3.8, 4) is 0 Å². The van der Waals surface area contributed by atoms with Crippen LogP contribution >= 0.6 is 0 Å². The summed E-state index contributed by atoms with van der Waals surface area (Å²) >= 11 is 0. The molecule has 1 aromatic carbocycles. The molecule has 0 spiro atoms. The molecule has 0 aliphatic heterocycles. The molecule has 15 heavy (non-hydrogen) atoms. The third-order valence-corrected chi connectivity index (χ3v) is 2.94. The van der Waals surface area contributed by atoms with E-state index < -0.39 is 6.10 Å². The van der Waals surface area contributed by atoms with E-state index in [1.54, 1.807) is 0 Å². The Labute approximate surface area is 92.1 Å². The van der Waals surface area contributed by atoms with Crippen LogP contribution in [-0.4, -0.2) is 11.7 Å². The van der Waals surface area contributed by atoms with Gasteiger partial charge in [0.25, 0.3) is 0 Å². The van der Waals surface area contributed by atoms with Gasteiger partial charge < -0.3 is 10.8 Å². The van der Waals surface area contributed by atoms with Crippen LogP contribution in [0.4, 0.5) is 0 Å². The van der Waals surface area contributed by atoms with Crippen LogP contribution in [0.15, 0.2) is 12.1 Å².